The molecule has 2 heterocycles. The maximum atomic E-state index is 12.7. The molecule has 2 fully saturated rings. The Bertz CT molecular complexity index is 441. The zero-order valence-corrected chi connectivity index (χ0v) is 12.6. The number of carbonyl (C=O) groups is 1. The first-order valence-electron chi connectivity index (χ1n) is 7.10. The predicted molar refractivity (Wildman–Crippen MR) is 74.7 cm³/mol. The second kappa shape index (κ2) is 5.40. The highest BCUT2D eigenvalue weighted by atomic mass is 32.2. The Labute approximate surface area is 115 Å². The third-order valence-electron chi connectivity index (χ3n) is 4.66. The summed E-state index contributed by atoms with van der Waals surface area (Å²) < 4.78 is 23.2. The topological polar surface area (TPSA) is 66.5 Å². The number of nitrogens with one attached hydrogen (secondary N) is 1. The molecule has 0 aromatic carbocycles. The first kappa shape index (κ1) is 14.8. The van der Waals surface area contributed by atoms with Gasteiger partial charge in [0.05, 0.1) is 0 Å². The lowest BCUT2D eigenvalue weighted by Crippen LogP contribution is -2.57. The number of hydrogen-bond donors (Lipinski definition) is 1. The van der Waals surface area contributed by atoms with Crippen molar-refractivity contribution in [2.24, 2.45) is 5.92 Å². The Morgan fingerprint density at radius 3 is 2.47 bits per heavy atom. The highest BCUT2D eigenvalue weighted by Gasteiger charge is 2.51. The van der Waals surface area contributed by atoms with Gasteiger partial charge in [-0.2, -0.15) is 0 Å². The first-order chi connectivity index (χ1) is 8.90. The van der Waals surface area contributed by atoms with Crippen molar-refractivity contribution in [2.75, 3.05) is 32.4 Å². The minimum Gasteiger partial charge on any atom is -0.341 e. The molecule has 0 aliphatic carbocycles. The molecule has 2 rings (SSSR count). The van der Waals surface area contributed by atoms with Gasteiger partial charge in [-0.05, 0) is 38.3 Å². The molecule has 5 nitrogen and oxygen atoms in total. The largest absolute Gasteiger partial charge is 0.341 e. The summed E-state index contributed by atoms with van der Waals surface area (Å²) in [6.07, 6.45) is 4.07. The molecule has 2 aliphatic rings. The van der Waals surface area contributed by atoms with Gasteiger partial charge in [-0.1, -0.05) is 13.3 Å². The number of sulfone groups is 1. The minimum absolute atomic E-state index is 0.160. The zero-order chi connectivity index (χ0) is 14.1. The van der Waals surface area contributed by atoms with Crippen LogP contribution in [0.5, 0.6) is 0 Å². The second-order valence-corrected chi connectivity index (χ2v) is 8.16. The van der Waals surface area contributed by atoms with Crippen molar-refractivity contribution in [3.8, 4) is 0 Å². The van der Waals surface area contributed by atoms with Crippen LogP contribution < -0.4 is 5.32 Å². The Kier molecular flexibility index (Phi) is 4.20. The fourth-order valence-electron chi connectivity index (χ4n) is 3.21. The van der Waals surface area contributed by atoms with Crippen molar-refractivity contribution in [1.82, 2.24) is 10.2 Å². The summed E-state index contributed by atoms with van der Waals surface area (Å²) in [7, 11) is -3.38. The number of hydrogen-bond acceptors (Lipinski definition) is 4. The second-order valence-electron chi connectivity index (χ2n) is 5.83. The molecule has 2 aliphatic heterocycles. The van der Waals surface area contributed by atoms with Crippen LogP contribution in [0.15, 0.2) is 0 Å². The lowest BCUT2D eigenvalue weighted by atomic mass is 9.95. The Morgan fingerprint density at radius 2 is 2.00 bits per heavy atom. The lowest BCUT2D eigenvalue weighted by molar-refractivity contribution is -0.133. The molecule has 0 radical (unpaired) electrons. The average Bonchev–Trinajstić information content (AvgIpc) is 2.86. The predicted octanol–water partition coefficient (Wildman–Crippen LogP) is 0.412. The molecule has 19 heavy (non-hydrogen) atoms. The van der Waals surface area contributed by atoms with E-state index in [4.69, 9.17) is 0 Å². The monoisotopic (exact) mass is 288 g/mol. The molecule has 110 valence electrons. The molecule has 1 amide bonds. The van der Waals surface area contributed by atoms with Crippen molar-refractivity contribution in [1.29, 1.82) is 0 Å². The van der Waals surface area contributed by atoms with Crippen LogP contribution in [0.25, 0.3) is 0 Å². The van der Waals surface area contributed by atoms with Crippen LogP contribution in [0.4, 0.5) is 0 Å². The van der Waals surface area contributed by atoms with Gasteiger partial charge in [0, 0.05) is 19.3 Å². The maximum Gasteiger partial charge on any atom is 0.244 e. The minimum atomic E-state index is -3.38. The molecule has 1 atom stereocenters. The summed E-state index contributed by atoms with van der Waals surface area (Å²) in [4.78, 5) is 14.5. The van der Waals surface area contributed by atoms with Crippen LogP contribution in [0.2, 0.25) is 0 Å². The van der Waals surface area contributed by atoms with E-state index in [9.17, 15) is 13.2 Å². The summed E-state index contributed by atoms with van der Waals surface area (Å²) in [5, 5.41) is 3.14. The molecular formula is C13H24N2O3S. The standard InChI is InChI=1S/C13H24N2O3S/c1-3-11-4-9-15(10-11)12(16)13(19(2,17)18)5-7-14-8-6-13/h11,14H,3-10H2,1-2H3. The fraction of sp³-hybridized carbons (Fsp3) is 0.923. The van der Waals surface area contributed by atoms with Gasteiger partial charge in [-0.25, -0.2) is 8.42 Å². The van der Waals surface area contributed by atoms with Gasteiger partial charge in [-0.15, -0.1) is 0 Å². The number of carbonyl (C=O) groups excluding carboxylic acids is 1. The molecule has 0 spiro atoms. The number of likely N-dealkylation sites (tertiary alicyclic amines) is 1. The normalized spacial score (nSPS) is 27.5. The Morgan fingerprint density at radius 1 is 1.37 bits per heavy atom. The third kappa shape index (κ3) is 2.65. The maximum absolute atomic E-state index is 12.7. The first-order valence-corrected chi connectivity index (χ1v) is 8.99. The molecular weight excluding hydrogens is 264 g/mol. The third-order valence-corrected chi connectivity index (χ3v) is 6.66. The number of piperidine rings is 1. The lowest BCUT2D eigenvalue weighted by Gasteiger charge is -2.37. The van der Waals surface area contributed by atoms with Gasteiger partial charge in [0.1, 0.15) is 0 Å². The summed E-state index contributed by atoms with van der Waals surface area (Å²) in [6, 6.07) is 0. The van der Waals surface area contributed by atoms with E-state index in [0.717, 1.165) is 19.4 Å². The van der Waals surface area contributed by atoms with Gasteiger partial charge >= 0.3 is 0 Å². The summed E-state index contributed by atoms with van der Waals surface area (Å²) in [5.74, 6) is 0.370. The van der Waals surface area contributed by atoms with Crippen LogP contribution >= 0.6 is 0 Å². The van der Waals surface area contributed by atoms with E-state index in [1.54, 1.807) is 4.90 Å². The van der Waals surface area contributed by atoms with Crippen molar-refractivity contribution in [2.45, 2.75) is 37.4 Å². The molecule has 0 saturated carbocycles. The van der Waals surface area contributed by atoms with Crippen molar-refractivity contribution in [3.63, 3.8) is 0 Å². The van der Waals surface area contributed by atoms with E-state index >= 15 is 0 Å². The van der Waals surface area contributed by atoms with E-state index in [-0.39, 0.29) is 5.91 Å². The summed E-state index contributed by atoms with van der Waals surface area (Å²) >= 11 is 0. The van der Waals surface area contributed by atoms with E-state index in [1.165, 1.54) is 6.26 Å². The van der Waals surface area contributed by atoms with Gasteiger partial charge in [-0.3, -0.25) is 4.79 Å². The zero-order valence-electron chi connectivity index (χ0n) is 11.8. The molecule has 1 N–H and O–H groups in total. The highest BCUT2D eigenvalue weighted by Crippen LogP contribution is 2.32. The summed E-state index contributed by atoms with van der Waals surface area (Å²) in [5.41, 5.74) is 0. The number of nitrogens with zero attached hydrogens (tertiary/aromatic N) is 1. The van der Waals surface area contributed by atoms with E-state index < -0.39 is 14.6 Å². The molecule has 0 bridgehead atoms. The Balaban J connectivity index is 2.22. The molecule has 2 saturated heterocycles. The average molecular weight is 288 g/mol. The highest BCUT2D eigenvalue weighted by molar-refractivity contribution is 7.92. The van der Waals surface area contributed by atoms with Crippen LogP contribution in [0.3, 0.4) is 0 Å². The molecule has 6 heteroatoms. The van der Waals surface area contributed by atoms with Crippen molar-refractivity contribution >= 4 is 15.7 Å². The number of rotatable bonds is 3. The number of amides is 1. The van der Waals surface area contributed by atoms with Gasteiger partial charge in [0.2, 0.25) is 5.91 Å². The SMILES string of the molecule is CCC1CCN(C(=O)C2(S(C)(=O)=O)CCNCC2)C1. The van der Waals surface area contributed by atoms with E-state index in [0.29, 0.717) is 38.4 Å². The van der Waals surface area contributed by atoms with Gasteiger partial charge < -0.3 is 10.2 Å². The van der Waals surface area contributed by atoms with Crippen LogP contribution in [-0.4, -0.2) is 56.4 Å². The van der Waals surface area contributed by atoms with E-state index in [2.05, 4.69) is 12.2 Å². The summed E-state index contributed by atoms with van der Waals surface area (Å²) in [6.45, 7) is 4.76. The Hall–Kier alpha value is -0.620. The molecule has 0 aromatic heterocycles. The fourth-order valence-corrected chi connectivity index (χ4v) is 4.60. The van der Waals surface area contributed by atoms with Crippen LogP contribution in [0, 0.1) is 5.92 Å². The van der Waals surface area contributed by atoms with Crippen molar-refractivity contribution in [3.05, 3.63) is 0 Å². The van der Waals surface area contributed by atoms with E-state index in [1.807, 2.05) is 0 Å². The van der Waals surface area contributed by atoms with Crippen LogP contribution in [0.1, 0.15) is 32.6 Å². The quantitative estimate of drug-likeness (QED) is 0.817. The molecule has 0 aromatic rings. The van der Waals surface area contributed by atoms with Gasteiger partial charge in [0.15, 0.2) is 14.6 Å². The smallest absolute Gasteiger partial charge is 0.244 e. The van der Waals surface area contributed by atoms with Gasteiger partial charge in [0.25, 0.3) is 0 Å². The van der Waals surface area contributed by atoms with Crippen LogP contribution in [-0.2, 0) is 14.6 Å². The molecule has 1 unspecified atom stereocenters. The van der Waals surface area contributed by atoms with Crippen molar-refractivity contribution < 1.29 is 13.2 Å².